The van der Waals surface area contributed by atoms with Crippen LogP contribution in [-0.4, -0.2) is 35.1 Å². The lowest BCUT2D eigenvalue weighted by Crippen LogP contribution is -2.31. The molecular formula is C19H26N4S. The molecule has 0 saturated carbocycles. The molecule has 0 amide bonds. The van der Waals surface area contributed by atoms with Crippen LogP contribution in [0.15, 0.2) is 41.8 Å². The van der Waals surface area contributed by atoms with Crippen molar-refractivity contribution in [3.63, 3.8) is 0 Å². The fraction of sp³-hybridized carbons (Fsp3) is 0.421. The number of nitrogens with zero attached hydrogens (tertiary/aromatic N) is 3. The second kappa shape index (κ2) is 7.92. The minimum absolute atomic E-state index is 0.397. The van der Waals surface area contributed by atoms with Gasteiger partial charge in [-0.3, -0.25) is 0 Å². The van der Waals surface area contributed by atoms with Crippen LogP contribution in [0.25, 0.3) is 11.0 Å². The molecule has 0 aliphatic rings. The molecule has 24 heavy (non-hydrogen) atoms. The Morgan fingerprint density at radius 1 is 1.21 bits per heavy atom. The summed E-state index contributed by atoms with van der Waals surface area (Å²) in [6, 6.07) is 13.1. The van der Waals surface area contributed by atoms with Crippen LogP contribution < -0.4 is 5.32 Å². The zero-order chi connectivity index (χ0) is 16.9. The molecular weight excluding hydrogens is 316 g/mol. The van der Waals surface area contributed by atoms with E-state index in [0.29, 0.717) is 6.04 Å². The number of hydrogen-bond donors (Lipinski definition) is 1. The topological polar surface area (TPSA) is 33.1 Å². The van der Waals surface area contributed by atoms with Crippen LogP contribution in [0.4, 0.5) is 0 Å². The van der Waals surface area contributed by atoms with E-state index in [2.05, 4.69) is 77.6 Å². The predicted octanol–water partition coefficient (Wildman–Crippen LogP) is 3.90. The molecule has 4 nitrogen and oxygen atoms in total. The molecule has 2 aromatic heterocycles. The lowest BCUT2D eigenvalue weighted by Gasteiger charge is -2.23. The van der Waals surface area contributed by atoms with E-state index in [9.17, 15) is 0 Å². The Labute approximate surface area is 148 Å². The number of benzene rings is 1. The molecule has 0 bridgehead atoms. The van der Waals surface area contributed by atoms with Crippen molar-refractivity contribution in [1.29, 1.82) is 0 Å². The minimum atomic E-state index is 0.397. The van der Waals surface area contributed by atoms with E-state index in [0.717, 1.165) is 37.4 Å². The van der Waals surface area contributed by atoms with E-state index in [1.807, 2.05) is 11.3 Å². The van der Waals surface area contributed by atoms with Crippen LogP contribution in [0.2, 0.25) is 0 Å². The Bertz CT molecular complexity index is 761. The maximum Gasteiger partial charge on any atom is 0.123 e. The maximum atomic E-state index is 4.83. The third-order valence-electron chi connectivity index (χ3n) is 4.30. The van der Waals surface area contributed by atoms with E-state index >= 15 is 0 Å². The SMILES string of the molecule is CCCn1c(CNCC(c2cccs2)N(C)C)nc2ccccc21. The summed E-state index contributed by atoms with van der Waals surface area (Å²) in [7, 11) is 4.27. The van der Waals surface area contributed by atoms with Crippen molar-refractivity contribution >= 4 is 22.4 Å². The summed E-state index contributed by atoms with van der Waals surface area (Å²) in [5, 5.41) is 5.76. The summed E-state index contributed by atoms with van der Waals surface area (Å²) in [6.07, 6.45) is 1.11. The standard InChI is InChI=1S/C19H26N4S/c1-4-11-23-16-9-6-5-8-15(16)21-19(23)14-20-13-17(22(2)3)18-10-7-12-24-18/h5-10,12,17,20H,4,11,13-14H2,1-3H3. The van der Waals surface area contributed by atoms with Gasteiger partial charge in [0, 0.05) is 18.0 Å². The van der Waals surface area contributed by atoms with Gasteiger partial charge in [0.05, 0.1) is 23.6 Å². The lowest BCUT2D eigenvalue weighted by atomic mass is 10.2. The Balaban J connectivity index is 1.72. The highest BCUT2D eigenvalue weighted by atomic mass is 32.1. The van der Waals surface area contributed by atoms with Crippen molar-refractivity contribution in [2.75, 3.05) is 20.6 Å². The molecule has 1 N–H and O–H groups in total. The number of fused-ring (bicyclic) bond motifs is 1. The molecule has 0 spiro atoms. The summed E-state index contributed by atoms with van der Waals surface area (Å²) in [6.45, 7) is 4.94. The van der Waals surface area contributed by atoms with Crippen LogP contribution in [0.1, 0.15) is 30.1 Å². The first-order valence-electron chi connectivity index (χ1n) is 8.55. The molecule has 0 aliphatic heterocycles. The molecule has 1 aromatic carbocycles. The quantitative estimate of drug-likeness (QED) is 0.674. The Kier molecular flexibility index (Phi) is 5.66. The van der Waals surface area contributed by atoms with Gasteiger partial charge in [-0.25, -0.2) is 4.98 Å². The van der Waals surface area contributed by atoms with Gasteiger partial charge in [0.2, 0.25) is 0 Å². The van der Waals surface area contributed by atoms with Crippen LogP contribution >= 0.6 is 11.3 Å². The summed E-state index contributed by atoms with van der Waals surface area (Å²) >= 11 is 1.82. The van der Waals surface area contributed by atoms with Crippen molar-refractivity contribution in [3.05, 3.63) is 52.5 Å². The predicted molar refractivity (Wildman–Crippen MR) is 102 cm³/mol. The first kappa shape index (κ1) is 17.1. The Morgan fingerprint density at radius 2 is 2.04 bits per heavy atom. The van der Waals surface area contributed by atoms with Gasteiger partial charge in [-0.15, -0.1) is 11.3 Å². The molecule has 3 aromatic rings. The summed E-state index contributed by atoms with van der Waals surface area (Å²) in [5.74, 6) is 1.13. The molecule has 1 unspecified atom stereocenters. The van der Waals surface area contributed by atoms with Crippen molar-refractivity contribution in [2.45, 2.75) is 32.5 Å². The number of nitrogens with one attached hydrogen (secondary N) is 1. The van der Waals surface area contributed by atoms with E-state index in [1.54, 1.807) is 0 Å². The number of aryl methyl sites for hydroxylation is 1. The van der Waals surface area contributed by atoms with Gasteiger partial charge < -0.3 is 14.8 Å². The Morgan fingerprint density at radius 3 is 2.75 bits per heavy atom. The molecule has 1 atom stereocenters. The highest BCUT2D eigenvalue weighted by Crippen LogP contribution is 2.22. The highest BCUT2D eigenvalue weighted by molar-refractivity contribution is 7.10. The maximum absolute atomic E-state index is 4.83. The third-order valence-corrected chi connectivity index (χ3v) is 5.27. The second-order valence-electron chi connectivity index (χ2n) is 6.29. The molecule has 0 saturated heterocycles. The molecule has 2 heterocycles. The second-order valence-corrected chi connectivity index (χ2v) is 7.27. The van der Waals surface area contributed by atoms with Gasteiger partial charge in [-0.2, -0.15) is 0 Å². The van der Waals surface area contributed by atoms with E-state index in [4.69, 9.17) is 4.98 Å². The fourth-order valence-electron chi connectivity index (χ4n) is 3.07. The number of aromatic nitrogens is 2. The fourth-order valence-corrected chi connectivity index (χ4v) is 4.00. The van der Waals surface area contributed by atoms with Gasteiger partial charge in [0.15, 0.2) is 0 Å². The minimum Gasteiger partial charge on any atom is -0.327 e. The number of thiophene rings is 1. The van der Waals surface area contributed by atoms with Crippen molar-refractivity contribution < 1.29 is 0 Å². The first-order valence-corrected chi connectivity index (χ1v) is 9.43. The number of likely N-dealkylation sites (N-methyl/N-ethyl adjacent to an activating group) is 1. The Hall–Kier alpha value is -1.69. The van der Waals surface area contributed by atoms with Gasteiger partial charge >= 0.3 is 0 Å². The van der Waals surface area contributed by atoms with E-state index in [-0.39, 0.29) is 0 Å². The average molecular weight is 343 g/mol. The van der Waals surface area contributed by atoms with Crippen LogP contribution in [0.3, 0.4) is 0 Å². The number of para-hydroxylation sites is 2. The van der Waals surface area contributed by atoms with Crippen molar-refractivity contribution in [2.24, 2.45) is 0 Å². The molecule has 0 fully saturated rings. The molecule has 0 radical (unpaired) electrons. The van der Waals surface area contributed by atoms with Gasteiger partial charge in [0.1, 0.15) is 5.82 Å². The summed E-state index contributed by atoms with van der Waals surface area (Å²) in [4.78, 5) is 8.49. The van der Waals surface area contributed by atoms with Crippen LogP contribution in [-0.2, 0) is 13.1 Å². The molecule has 0 aliphatic carbocycles. The van der Waals surface area contributed by atoms with Crippen LogP contribution in [0.5, 0.6) is 0 Å². The van der Waals surface area contributed by atoms with Gasteiger partial charge in [0.25, 0.3) is 0 Å². The van der Waals surface area contributed by atoms with Gasteiger partial charge in [-0.1, -0.05) is 25.1 Å². The number of hydrogen-bond acceptors (Lipinski definition) is 4. The first-order chi connectivity index (χ1) is 11.7. The number of rotatable bonds is 8. The average Bonchev–Trinajstić information content (AvgIpc) is 3.20. The normalized spacial score (nSPS) is 13.0. The molecule has 3 rings (SSSR count). The van der Waals surface area contributed by atoms with Gasteiger partial charge in [-0.05, 0) is 44.1 Å². The molecule has 128 valence electrons. The molecule has 5 heteroatoms. The van der Waals surface area contributed by atoms with Crippen LogP contribution in [0, 0.1) is 0 Å². The van der Waals surface area contributed by atoms with Crippen molar-refractivity contribution in [1.82, 2.24) is 19.8 Å². The third kappa shape index (κ3) is 3.69. The smallest absolute Gasteiger partial charge is 0.123 e. The van der Waals surface area contributed by atoms with Crippen molar-refractivity contribution in [3.8, 4) is 0 Å². The summed E-state index contributed by atoms with van der Waals surface area (Å²) < 4.78 is 2.35. The number of imidazole rings is 1. The largest absolute Gasteiger partial charge is 0.327 e. The van der Waals surface area contributed by atoms with E-state index < -0.39 is 0 Å². The highest BCUT2D eigenvalue weighted by Gasteiger charge is 2.15. The zero-order valence-electron chi connectivity index (χ0n) is 14.7. The lowest BCUT2D eigenvalue weighted by molar-refractivity contribution is 0.291. The zero-order valence-corrected chi connectivity index (χ0v) is 15.5. The van der Waals surface area contributed by atoms with E-state index in [1.165, 1.54) is 10.4 Å². The summed E-state index contributed by atoms with van der Waals surface area (Å²) in [5.41, 5.74) is 2.32. The monoisotopic (exact) mass is 342 g/mol.